The second kappa shape index (κ2) is 7.55. The molecular formula is C18H25BrN2O3. The molecule has 0 unspecified atom stereocenters. The summed E-state index contributed by atoms with van der Waals surface area (Å²) in [5.41, 5.74) is -0.797. The SMILES string of the molecule is CC(C)(C)OC(=O)NC1(C(=O)N(Br)c2ccccc2)CCCCC1. The number of halogens is 1. The molecule has 24 heavy (non-hydrogen) atoms. The van der Waals surface area contributed by atoms with E-state index in [2.05, 4.69) is 21.5 Å². The Morgan fingerprint density at radius 1 is 1.12 bits per heavy atom. The van der Waals surface area contributed by atoms with Crippen molar-refractivity contribution in [1.82, 2.24) is 5.32 Å². The smallest absolute Gasteiger partial charge is 0.408 e. The summed E-state index contributed by atoms with van der Waals surface area (Å²) < 4.78 is 6.81. The predicted molar refractivity (Wildman–Crippen MR) is 98.0 cm³/mol. The van der Waals surface area contributed by atoms with Gasteiger partial charge in [-0.1, -0.05) is 37.5 Å². The molecule has 0 aromatic heterocycles. The first kappa shape index (κ1) is 18.8. The lowest BCUT2D eigenvalue weighted by atomic mass is 9.81. The Kier molecular flexibility index (Phi) is 5.91. The highest BCUT2D eigenvalue weighted by Gasteiger charge is 2.44. The van der Waals surface area contributed by atoms with Gasteiger partial charge in [-0.05, 0) is 45.7 Å². The van der Waals surface area contributed by atoms with Gasteiger partial charge in [0.05, 0.1) is 21.8 Å². The molecule has 0 heterocycles. The van der Waals surface area contributed by atoms with Gasteiger partial charge in [0.15, 0.2) is 0 Å². The molecule has 2 rings (SSSR count). The lowest BCUT2D eigenvalue weighted by molar-refractivity contribution is -0.124. The lowest BCUT2D eigenvalue weighted by Crippen LogP contribution is -2.59. The summed E-state index contributed by atoms with van der Waals surface area (Å²) in [4.78, 5) is 25.4. The monoisotopic (exact) mass is 396 g/mol. The zero-order valence-corrected chi connectivity index (χ0v) is 16.1. The fourth-order valence-electron chi connectivity index (χ4n) is 2.91. The largest absolute Gasteiger partial charge is 0.444 e. The number of ether oxygens (including phenoxy) is 1. The number of para-hydroxylation sites is 1. The van der Waals surface area contributed by atoms with E-state index in [1.165, 1.54) is 3.93 Å². The summed E-state index contributed by atoms with van der Waals surface area (Å²) in [6.45, 7) is 5.42. The standard InChI is InChI=1S/C18H25BrN2O3/c1-17(2,3)24-16(23)20-18(12-8-5-9-13-18)15(22)21(19)14-10-6-4-7-11-14/h4,6-7,10-11H,5,8-9,12-13H2,1-3H3,(H,20,23). The van der Waals surface area contributed by atoms with Crippen LogP contribution in [0.4, 0.5) is 10.5 Å². The van der Waals surface area contributed by atoms with Crippen LogP contribution in [0.5, 0.6) is 0 Å². The Balaban J connectivity index is 2.20. The fourth-order valence-corrected chi connectivity index (χ4v) is 3.49. The maximum absolute atomic E-state index is 13.1. The Morgan fingerprint density at radius 3 is 2.25 bits per heavy atom. The molecule has 0 atom stereocenters. The van der Waals surface area contributed by atoms with Gasteiger partial charge in [0.2, 0.25) is 0 Å². The van der Waals surface area contributed by atoms with E-state index < -0.39 is 17.2 Å². The van der Waals surface area contributed by atoms with Crippen LogP contribution in [0.1, 0.15) is 52.9 Å². The van der Waals surface area contributed by atoms with Crippen molar-refractivity contribution in [2.45, 2.75) is 64.0 Å². The maximum atomic E-state index is 13.1. The number of carbonyl (C=O) groups is 2. The number of nitrogens with zero attached hydrogens (tertiary/aromatic N) is 1. The molecule has 1 N–H and O–H groups in total. The van der Waals surface area contributed by atoms with Gasteiger partial charge in [-0.25, -0.2) is 8.72 Å². The number of alkyl carbamates (subject to hydrolysis) is 1. The topological polar surface area (TPSA) is 58.6 Å². The van der Waals surface area contributed by atoms with E-state index >= 15 is 0 Å². The van der Waals surface area contributed by atoms with Crippen LogP contribution in [0.3, 0.4) is 0 Å². The zero-order valence-electron chi connectivity index (χ0n) is 14.5. The van der Waals surface area contributed by atoms with E-state index in [1.807, 2.05) is 51.1 Å². The van der Waals surface area contributed by atoms with Crippen molar-refractivity contribution in [1.29, 1.82) is 0 Å². The molecule has 1 saturated carbocycles. The van der Waals surface area contributed by atoms with Crippen LogP contribution in [0, 0.1) is 0 Å². The van der Waals surface area contributed by atoms with E-state index in [-0.39, 0.29) is 5.91 Å². The van der Waals surface area contributed by atoms with Crippen molar-refractivity contribution in [3.05, 3.63) is 30.3 Å². The van der Waals surface area contributed by atoms with Gasteiger partial charge in [-0.15, -0.1) is 0 Å². The maximum Gasteiger partial charge on any atom is 0.408 e. The number of anilines is 1. The van der Waals surface area contributed by atoms with Crippen LogP contribution in [-0.4, -0.2) is 23.1 Å². The van der Waals surface area contributed by atoms with Gasteiger partial charge in [0, 0.05) is 0 Å². The molecule has 0 bridgehead atoms. The number of amides is 2. The van der Waals surface area contributed by atoms with Gasteiger partial charge in [0.1, 0.15) is 11.1 Å². The summed E-state index contributed by atoms with van der Waals surface area (Å²) in [5, 5.41) is 2.86. The highest BCUT2D eigenvalue weighted by molar-refractivity contribution is 9.10. The van der Waals surface area contributed by atoms with Crippen molar-refractivity contribution in [2.24, 2.45) is 0 Å². The van der Waals surface area contributed by atoms with E-state index in [0.717, 1.165) is 24.9 Å². The summed E-state index contributed by atoms with van der Waals surface area (Å²) in [7, 11) is 0. The molecule has 0 saturated heterocycles. The number of nitrogens with one attached hydrogen (secondary N) is 1. The van der Waals surface area contributed by atoms with E-state index in [0.29, 0.717) is 12.8 Å². The first-order chi connectivity index (χ1) is 11.2. The second-order valence-corrected chi connectivity index (χ2v) is 7.90. The van der Waals surface area contributed by atoms with Crippen molar-refractivity contribution in [3.8, 4) is 0 Å². The molecular weight excluding hydrogens is 372 g/mol. The molecule has 6 heteroatoms. The van der Waals surface area contributed by atoms with Crippen LogP contribution in [0.15, 0.2) is 30.3 Å². The van der Waals surface area contributed by atoms with Crippen molar-refractivity contribution in [2.75, 3.05) is 3.93 Å². The Morgan fingerprint density at radius 2 is 1.71 bits per heavy atom. The van der Waals surface area contributed by atoms with Crippen molar-refractivity contribution in [3.63, 3.8) is 0 Å². The third-order valence-corrected chi connectivity index (χ3v) is 4.75. The van der Waals surface area contributed by atoms with Crippen molar-refractivity contribution < 1.29 is 14.3 Å². The quantitative estimate of drug-likeness (QED) is 0.761. The molecule has 0 radical (unpaired) electrons. The minimum atomic E-state index is -0.931. The molecule has 1 aliphatic carbocycles. The van der Waals surface area contributed by atoms with Crippen LogP contribution in [0.2, 0.25) is 0 Å². The van der Waals surface area contributed by atoms with Crippen LogP contribution in [-0.2, 0) is 9.53 Å². The number of hydrogen-bond acceptors (Lipinski definition) is 3. The molecule has 1 aromatic rings. The number of benzene rings is 1. The van der Waals surface area contributed by atoms with E-state index in [1.54, 1.807) is 0 Å². The minimum Gasteiger partial charge on any atom is -0.444 e. The number of rotatable bonds is 3. The minimum absolute atomic E-state index is 0.167. The second-order valence-electron chi connectivity index (χ2n) is 7.19. The van der Waals surface area contributed by atoms with Gasteiger partial charge in [0.25, 0.3) is 5.91 Å². The van der Waals surface area contributed by atoms with Gasteiger partial charge in [-0.2, -0.15) is 0 Å². The highest BCUT2D eigenvalue weighted by atomic mass is 79.9. The first-order valence-electron chi connectivity index (χ1n) is 8.30. The Hall–Kier alpha value is -1.56. The fraction of sp³-hybridized carbons (Fsp3) is 0.556. The summed E-state index contributed by atoms with van der Waals surface area (Å²) in [5.74, 6) is -0.167. The Labute approximate surface area is 152 Å². The average molecular weight is 397 g/mol. The lowest BCUT2D eigenvalue weighted by Gasteiger charge is -2.38. The van der Waals surface area contributed by atoms with Crippen LogP contribution in [0.25, 0.3) is 0 Å². The van der Waals surface area contributed by atoms with Crippen LogP contribution < -0.4 is 9.24 Å². The Bertz CT molecular complexity index is 578. The van der Waals surface area contributed by atoms with E-state index in [9.17, 15) is 9.59 Å². The molecule has 1 aliphatic rings. The van der Waals surface area contributed by atoms with E-state index in [4.69, 9.17) is 4.74 Å². The summed E-state index contributed by atoms with van der Waals surface area (Å²) >= 11 is 3.37. The molecule has 1 fully saturated rings. The number of hydrogen-bond donors (Lipinski definition) is 1. The summed E-state index contributed by atoms with van der Waals surface area (Å²) in [6.07, 6.45) is 3.54. The molecule has 0 spiro atoms. The highest BCUT2D eigenvalue weighted by Crippen LogP contribution is 2.33. The third-order valence-electron chi connectivity index (χ3n) is 4.02. The predicted octanol–water partition coefficient (Wildman–Crippen LogP) is 4.56. The first-order valence-corrected chi connectivity index (χ1v) is 9.01. The number of carbonyl (C=O) groups excluding carboxylic acids is 2. The molecule has 0 aliphatic heterocycles. The molecule has 5 nitrogen and oxygen atoms in total. The van der Waals surface area contributed by atoms with Gasteiger partial charge in [-0.3, -0.25) is 4.79 Å². The van der Waals surface area contributed by atoms with Gasteiger partial charge < -0.3 is 10.1 Å². The van der Waals surface area contributed by atoms with Gasteiger partial charge >= 0.3 is 6.09 Å². The normalized spacial score (nSPS) is 17.0. The van der Waals surface area contributed by atoms with Crippen molar-refractivity contribution >= 4 is 33.8 Å². The average Bonchev–Trinajstić information content (AvgIpc) is 2.53. The third kappa shape index (κ3) is 4.72. The molecule has 2 amide bonds. The zero-order chi connectivity index (χ0) is 17.8. The summed E-state index contributed by atoms with van der Waals surface area (Å²) in [6, 6.07) is 9.31. The molecule has 1 aromatic carbocycles. The molecule has 132 valence electrons. The van der Waals surface area contributed by atoms with Crippen LogP contribution >= 0.6 is 16.1 Å².